The van der Waals surface area contributed by atoms with Crippen molar-refractivity contribution >= 4 is 32.7 Å². The molecule has 0 N–H and O–H groups in total. The van der Waals surface area contributed by atoms with Gasteiger partial charge >= 0.3 is 0 Å². The molecule has 0 amide bonds. The lowest BCUT2D eigenvalue weighted by molar-refractivity contribution is 0.0974. The fraction of sp³-hybridized carbons (Fsp3) is 0.154. The number of halogens is 1. The van der Waals surface area contributed by atoms with Gasteiger partial charge in [0.2, 0.25) is 0 Å². The van der Waals surface area contributed by atoms with E-state index in [9.17, 15) is 4.79 Å². The van der Waals surface area contributed by atoms with Gasteiger partial charge in [0.1, 0.15) is 0 Å². The second-order valence-corrected chi connectivity index (χ2v) is 4.65. The molecular formula is C13H12BrNO. The Labute approximate surface area is 103 Å². The summed E-state index contributed by atoms with van der Waals surface area (Å²) in [6, 6.07) is 3.91. The molecule has 0 aliphatic rings. The van der Waals surface area contributed by atoms with E-state index in [2.05, 4.69) is 22.5 Å². The van der Waals surface area contributed by atoms with Crippen molar-refractivity contribution in [1.82, 2.24) is 4.57 Å². The maximum Gasteiger partial charge on any atom is 0.254 e. The third kappa shape index (κ3) is 1.52. The molecule has 2 nitrogen and oxygen atoms in total. The van der Waals surface area contributed by atoms with Crippen LogP contribution in [-0.4, -0.2) is 10.5 Å². The molecule has 3 heteroatoms. The smallest absolute Gasteiger partial charge is 0.254 e. The summed E-state index contributed by atoms with van der Waals surface area (Å²) in [6.07, 6.45) is 3.18. The van der Waals surface area contributed by atoms with Gasteiger partial charge in [-0.15, -0.1) is 0 Å². The molecule has 16 heavy (non-hydrogen) atoms. The molecule has 0 saturated heterocycles. The van der Waals surface area contributed by atoms with Crippen molar-refractivity contribution in [2.75, 3.05) is 0 Å². The van der Waals surface area contributed by atoms with E-state index < -0.39 is 0 Å². The number of hydrogen-bond acceptors (Lipinski definition) is 1. The standard InChI is InChI=1S/C13H12BrNO/c1-4-12(16)15-7-8(2)13-9(3)10(14)5-6-11(13)15/h4-7H,1H2,2-3H3. The van der Waals surface area contributed by atoms with Crippen LogP contribution in [0.5, 0.6) is 0 Å². The van der Waals surface area contributed by atoms with Crippen LogP contribution in [-0.2, 0) is 0 Å². The van der Waals surface area contributed by atoms with Gasteiger partial charge < -0.3 is 0 Å². The minimum atomic E-state index is -0.0974. The van der Waals surface area contributed by atoms with Gasteiger partial charge in [0.15, 0.2) is 0 Å². The van der Waals surface area contributed by atoms with Crippen molar-refractivity contribution < 1.29 is 4.79 Å². The molecule has 2 rings (SSSR count). The Morgan fingerprint density at radius 3 is 2.75 bits per heavy atom. The van der Waals surface area contributed by atoms with Gasteiger partial charge in [-0.3, -0.25) is 9.36 Å². The van der Waals surface area contributed by atoms with Crippen molar-refractivity contribution in [3.63, 3.8) is 0 Å². The number of aryl methyl sites for hydroxylation is 2. The summed E-state index contributed by atoms with van der Waals surface area (Å²) in [5.41, 5.74) is 3.19. The van der Waals surface area contributed by atoms with Crippen molar-refractivity contribution in [3.8, 4) is 0 Å². The average molecular weight is 278 g/mol. The first-order chi connectivity index (χ1) is 7.56. The van der Waals surface area contributed by atoms with Crippen molar-refractivity contribution in [3.05, 3.63) is 46.6 Å². The molecule has 0 bridgehead atoms. The maximum atomic E-state index is 11.7. The third-order valence-corrected chi connectivity index (χ3v) is 3.62. The topological polar surface area (TPSA) is 22.0 Å². The first-order valence-electron chi connectivity index (χ1n) is 4.99. The maximum absolute atomic E-state index is 11.7. The van der Waals surface area contributed by atoms with Crippen LogP contribution in [0.1, 0.15) is 15.9 Å². The summed E-state index contributed by atoms with van der Waals surface area (Å²) < 4.78 is 2.70. The summed E-state index contributed by atoms with van der Waals surface area (Å²) in [4.78, 5) is 11.7. The van der Waals surface area contributed by atoms with Gasteiger partial charge in [-0.25, -0.2) is 0 Å². The van der Waals surface area contributed by atoms with Gasteiger partial charge in [0, 0.05) is 16.1 Å². The van der Waals surface area contributed by atoms with E-state index in [4.69, 9.17) is 0 Å². The Hall–Kier alpha value is -1.35. The molecule has 1 aromatic carbocycles. The highest BCUT2D eigenvalue weighted by Crippen LogP contribution is 2.29. The van der Waals surface area contributed by atoms with E-state index in [0.29, 0.717) is 0 Å². The second-order valence-electron chi connectivity index (χ2n) is 3.79. The average Bonchev–Trinajstić information content (AvgIpc) is 2.61. The molecule has 1 heterocycles. The van der Waals surface area contributed by atoms with Crippen LogP contribution in [0.2, 0.25) is 0 Å². The summed E-state index contributed by atoms with van der Waals surface area (Å²) >= 11 is 3.50. The first kappa shape index (κ1) is 11.1. The molecule has 0 aliphatic heterocycles. The molecule has 0 aliphatic carbocycles. The largest absolute Gasteiger partial charge is 0.283 e. The molecule has 1 aromatic heterocycles. The quantitative estimate of drug-likeness (QED) is 0.726. The van der Waals surface area contributed by atoms with Crippen molar-refractivity contribution in [2.45, 2.75) is 13.8 Å². The fourth-order valence-corrected chi connectivity index (χ4v) is 2.31. The number of fused-ring (bicyclic) bond motifs is 1. The Morgan fingerprint density at radius 2 is 2.12 bits per heavy atom. The molecule has 0 saturated carbocycles. The molecule has 0 unspecified atom stereocenters. The van der Waals surface area contributed by atoms with E-state index in [1.54, 1.807) is 4.57 Å². The molecule has 82 valence electrons. The summed E-state index contributed by atoms with van der Waals surface area (Å²) in [5, 5.41) is 1.13. The summed E-state index contributed by atoms with van der Waals surface area (Å²) in [5.74, 6) is -0.0974. The number of rotatable bonds is 1. The van der Waals surface area contributed by atoms with Crippen LogP contribution in [0.3, 0.4) is 0 Å². The summed E-state index contributed by atoms with van der Waals surface area (Å²) in [6.45, 7) is 7.57. The molecule has 0 fully saturated rings. The lowest BCUT2D eigenvalue weighted by Crippen LogP contribution is -2.04. The second kappa shape index (κ2) is 3.91. The fourth-order valence-electron chi connectivity index (χ4n) is 1.98. The highest BCUT2D eigenvalue weighted by atomic mass is 79.9. The zero-order valence-corrected chi connectivity index (χ0v) is 10.8. The molecular weight excluding hydrogens is 266 g/mol. The zero-order valence-electron chi connectivity index (χ0n) is 9.25. The molecule has 2 aromatic rings. The molecule has 0 radical (unpaired) electrons. The van der Waals surface area contributed by atoms with Gasteiger partial charge in [0.05, 0.1) is 5.52 Å². The number of hydrogen-bond donors (Lipinski definition) is 0. The van der Waals surface area contributed by atoms with Crippen LogP contribution >= 0.6 is 15.9 Å². The predicted molar refractivity (Wildman–Crippen MR) is 69.9 cm³/mol. The molecule has 0 spiro atoms. The Balaban J connectivity index is 2.87. The van der Waals surface area contributed by atoms with E-state index in [1.165, 1.54) is 6.08 Å². The van der Waals surface area contributed by atoms with E-state index in [-0.39, 0.29) is 5.91 Å². The van der Waals surface area contributed by atoms with Crippen LogP contribution in [0.4, 0.5) is 0 Å². The minimum Gasteiger partial charge on any atom is -0.283 e. The highest BCUT2D eigenvalue weighted by molar-refractivity contribution is 9.10. The predicted octanol–water partition coefficient (Wildman–Crippen LogP) is 3.85. The van der Waals surface area contributed by atoms with Gasteiger partial charge in [-0.2, -0.15) is 0 Å². The van der Waals surface area contributed by atoms with Gasteiger partial charge in [-0.1, -0.05) is 22.5 Å². The number of benzene rings is 1. The van der Waals surface area contributed by atoms with Crippen molar-refractivity contribution in [2.24, 2.45) is 0 Å². The number of allylic oxidation sites excluding steroid dienone is 1. The first-order valence-corrected chi connectivity index (χ1v) is 5.79. The van der Waals surface area contributed by atoms with Crippen LogP contribution in [0.15, 0.2) is 35.5 Å². The Kier molecular flexibility index (Phi) is 2.72. The normalized spacial score (nSPS) is 10.7. The van der Waals surface area contributed by atoms with Gasteiger partial charge in [-0.05, 0) is 43.2 Å². The van der Waals surface area contributed by atoms with E-state index in [0.717, 1.165) is 26.5 Å². The number of aromatic nitrogens is 1. The van der Waals surface area contributed by atoms with E-state index >= 15 is 0 Å². The zero-order chi connectivity index (χ0) is 11.9. The monoisotopic (exact) mass is 277 g/mol. The van der Waals surface area contributed by atoms with Crippen LogP contribution in [0.25, 0.3) is 10.9 Å². The van der Waals surface area contributed by atoms with Gasteiger partial charge in [0.25, 0.3) is 5.91 Å². The summed E-state index contributed by atoms with van der Waals surface area (Å²) in [7, 11) is 0. The lowest BCUT2D eigenvalue weighted by Gasteiger charge is -2.03. The van der Waals surface area contributed by atoms with Crippen LogP contribution < -0.4 is 0 Å². The third-order valence-electron chi connectivity index (χ3n) is 2.77. The lowest BCUT2D eigenvalue weighted by atomic mass is 10.1. The molecule has 0 atom stereocenters. The number of nitrogens with zero attached hydrogens (tertiary/aromatic N) is 1. The highest BCUT2D eigenvalue weighted by Gasteiger charge is 2.12. The van der Waals surface area contributed by atoms with Crippen LogP contribution in [0, 0.1) is 13.8 Å². The van der Waals surface area contributed by atoms with Crippen molar-refractivity contribution in [1.29, 1.82) is 0 Å². The minimum absolute atomic E-state index is 0.0974. The van der Waals surface area contributed by atoms with E-state index in [1.807, 2.05) is 32.2 Å². The Morgan fingerprint density at radius 1 is 1.44 bits per heavy atom. The number of carbonyl (C=O) groups excluding carboxylic acids is 1. The Bertz CT molecular complexity index is 595. The number of carbonyl (C=O) groups is 1. The SMILES string of the molecule is C=CC(=O)n1cc(C)c2c(C)c(Br)ccc21.